The molecule has 1 aliphatic heterocycles. The molecule has 2 rings (SSSR count). The lowest BCUT2D eigenvalue weighted by Gasteiger charge is -2.20. The van der Waals surface area contributed by atoms with Gasteiger partial charge in [-0.1, -0.05) is 0 Å². The third-order valence-electron chi connectivity index (χ3n) is 2.96. The van der Waals surface area contributed by atoms with Gasteiger partial charge < -0.3 is 10.2 Å². The van der Waals surface area contributed by atoms with Crippen molar-refractivity contribution in [3.05, 3.63) is 29.8 Å². The highest BCUT2D eigenvalue weighted by atomic mass is 32.2. The Bertz CT molecular complexity index is 370. The summed E-state index contributed by atoms with van der Waals surface area (Å²) in [5.74, 6) is 0.154. The fourth-order valence-electron chi connectivity index (χ4n) is 1.96. The lowest BCUT2D eigenvalue weighted by atomic mass is 10.2. The monoisotopic (exact) mass is 250 g/mol. The smallest absolute Gasteiger partial charge is 0.253 e. The van der Waals surface area contributed by atoms with Crippen molar-refractivity contribution in [1.29, 1.82) is 0 Å². The lowest BCUT2D eigenvalue weighted by molar-refractivity contribution is 0.0766. The highest BCUT2D eigenvalue weighted by Gasteiger charge is 2.16. The summed E-state index contributed by atoms with van der Waals surface area (Å²) < 4.78 is 0. The van der Waals surface area contributed by atoms with Gasteiger partial charge >= 0.3 is 0 Å². The Morgan fingerprint density at radius 3 is 2.71 bits per heavy atom. The van der Waals surface area contributed by atoms with Gasteiger partial charge in [-0.25, -0.2) is 0 Å². The van der Waals surface area contributed by atoms with E-state index in [0.717, 1.165) is 38.2 Å². The summed E-state index contributed by atoms with van der Waals surface area (Å²) in [4.78, 5) is 15.4. The van der Waals surface area contributed by atoms with Gasteiger partial charge in [-0.3, -0.25) is 4.79 Å². The summed E-state index contributed by atoms with van der Waals surface area (Å²) in [5, 5.41) is 3.30. The Hall–Kier alpha value is -1.00. The lowest BCUT2D eigenvalue weighted by Crippen LogP contribution is -2.34. The molecule has 0 unspecified atom stereocenters. The molecule has 1 aliphatic rings. The predicted molar refractivity (Wildman–Crippen MR) is 71.6 cm³/mol. The van der Waals surface area contributed by atoms with E-state index in [1.165, 1.54) is 4.90 Å². The van der Waals surface area contributed by atoms with Crippen molar-refractivity contribution >= 4 is 17.7 Å². The Morgan fingerprint density at radius 2 is 2.00 bits per heavy atom. The summed E-state index contributed by atoms with van der Waals surface area (Å²) in [5.41, 5.74) is 0.796. The van der Waals surface area contributed by atoms with E-state index in [4.69, 9.17) is 0 Å². The second kappa shape index (κ2) is 6.07. The minimum Gasteiger partial charge on any atom is -0.337 e. The van der Waals surface area contributed by atoms with Crippen LogP contribution in [-0.2, 0) is 0 Å². The second-order valence-electron chi connectivity index (χ2n) is 4.12. The van der Waals surface area contributed by atoms with E-state index >= 15 is 0 Å². The quantitative estimate of drug-likeness (QED) is 0.813. The number of thioether (sulfide) groups is 1. The summed E-state index contributed by atoms with van der Waals surface area (Å²) in [6.07, 6.45) is 3.08. The molecule has 1 fully saturated rings. The van der Waals surface area contributed by atoms with Crippen LogP contribution in [0.5, 0.6) is 0 Å². The Morgan fingerprint density at radius 1 is 1.24 bits per heavy atom. The molecular weight excluding hydrogens is 232 g/mol. The molecule has 92 valence electrons. The zero-order chi connectivity index (χ0) is 12.1. The first-order valence-electron chi connectivity index (χ1n) is 5.95. The van der Waals surface area contributed by atoms with Gasteiger partial charge in [-0.2, -0.15) is 0 Å². The van der Waals surface area contributed by atoms with E-state index in [1.807, 2.05) is 35.4 Å². The Kier molecular flexibility index (Phi) is 4.45. The first kappa shape index (κ1) is 12.5. The highest BCUT2D eigenvalue weighted by Crippen LogP contribution is 2.16. The summed E-state index contributed by atoms with van der Waals surface area (Å²) >= 11 is 1.69. The Balaban J connectivity index is 2.06. The van der Waals surface area contributed by atoms with Crippen molar-refractivity contribution in [2.75, 3.05) is 32.4 Å². The molecule has 1 amide bonds. The maximum absolute atomic E-state index is 12.2. The number of carbonyl (C=O) groups is 1. The maximum Gasteiger partial charge on any atom is 0.253 e. The van der Waals surface area contributed by atoms with Crippen LogP contribution in [0.2, 0.25) is 0 Å². The molecule has 0 aliphatic carbocycles. The minimum absolute atomic E-state index is 0.154. The van der Waals surface area contributed by atoms with Crippen LogP contribution in [0.25, 0.3) is 0 Å². The van der Waals surface area contributed by atoms with Crippen molar-refractivity contribution in [3.8, 4) is 0 Å². The average molecular weight is 250 g/mol. The number of rotatable bonds is 2. The number of nitrogens with zero attached hydrogens (tertiary/aromatic N) is 1. The molecule has 1 saturated heterocycles. The largest absolute Gasteiger partial charge is 0.337 e. The van der Waals surface area contributed by atoms with Crippen LogP contribution in [0.4, 0.5) is 0 Å². The third kappa shape index (κ3) is 3.23. The molecule has 0 aromatic heterocycles. The fourth-order valence-corrected chi connectivity index (χ4v) is 2.37. The molecule has 0 atom stereocenters. The van der Waals surface area contributed by atoms with Gasteiger partial charge in [-0.05, 0) is 43.5 Å². The summed E-state index contributed by atoms with van der Waals surface area (Å²) in [7, 11) is 0. The molecule has 3 nitrogen and oxygen atoms in total. The number of nitrogens with one attached hydrogen (secondary N) is 1. The zero-order valence-corrected chi connectivity index (χ0v) is 10.9. The molecule has 1 heterocycles. The second-order valence-corrected chi connectivity index (χ2v) is 5.00. The van der Waals surface area contributed by atoms with E-state index in [9.17, 15) is 4.79 Å². The average Bonchev–Trinajstić information content (AvgIpc) is 2.67. The van der Waals surface area contributed by atoms with Crippen molar-refractivity contribution in [2.24, 2.45) is 0 Å². The van der Waals surface area contributed by atoms with E-state index < -0.39 is 0 Å². The van der Waals surface area contributed by atoms with Gasteiger partial charge in [0.2, 0.25) is 0 Å². The topological polar surface area (TPSA) is 32.3 Å². The molecule has 0 spiro atoms. The fraction of sp³-hybridized carbons (Fsp3) is 0.462. The molecule has 0 radical (unpaired) electrons. The third-order valence-corrected chi connectivity index (χ3v) is 3.71. The van der Waals surface area contributed by atoms with Crippen molar-refractivity contribution in [1.82, 2.24) is 10.2 Å². The summed E-state index contributed by atoms with van der Waals surface area (Å²) in [6.45, 7) is 3.57. The number of hydrogen-bond donors (Lipinski definition) is 1. The van der Waals surface area contributed by atoms with Crippen LogP contribution in [0.1, 0.15) is 16.8 Å². The van der Waals surface area contributed by atoms with Gasteiger partial charge in [0.1, 0.15) is 0 Å². The van der Waals surface area contributed by atoms with Crippen LogP contribution < -0.4 is 5.32 Å². The number of carbonyl (C=O) groups excluding carboxylic acids is 1. The van der Waals surface area contributed by atoms with Crippen LogP contribution >= 0.6 is 11.8 Å². The van der Waals surface area contributed by atoms with Gasteiger partial charge in [0.05, 0.1) is 0 Å². The molecule has 4 heteroatoms. The number of hydrogen-bond acceptors (Lipinski definition) is 3. The van der Waals surface area contributed by atoms with Gasteiger partial charge in [0.15, 0.2) is 0 Å². The van der Waals surface area contributed by atoms with Crippen LogP contribution in [0.15, 0.2) is 29.2 Å². The van der Waals surface area contributed by atoms with Crippen molar-refractivity contribution < 1.29 is 4.79 Å². The molecule has 1 aromatic carbocycles. The molecule has 1 aromatic rings. The van der Waals surface area contributed by atoms with Crippen molar-refractivity contribution in [3.63, 3.8) is 0 Å². The maximum atomic E-state index is 12.2. The SMILES string of the molecule is CSc1ccc(C(=O)N2CCCNCC2)cc1. The number of benzene rings is 1. The molecule has 0 saturated carbocycles. The van der Waals surface area contributed by atoms with Crippen LogP contribution in [-0.4, -0.2) is 43.2 Å². The predicted octanol–water partition coefficient (Wildman–Crippen LogP) is 1.84. The standard InChI is InChI=1S/C13H18N2OS/c1-17-12-5-3-11(4-6-12)13(16)15-9-2-7-14-8-10-15/h3-6,14H,2,7-10H2,1H3. The molecule has 1 N–H and O–H groups in total. The molecule has 17 heavy (non-hydrogen) atoms. The molecular formula is C13H18N2OS. The van der Waals surface area contributed by atoms with E-state index in [1.54, 1.807) is 11.8 Å². The van der Waals surface area contributed by atoms with Gasteiger partial charge in [0.25, 0.3) is 5.91 Å². The van der Waals surface area contributed by atoms with E-state index in [0.29, 0.717) is 0 Å². The van der Waals surface area contributed by atoms with Gasteiger partial charge in [0, 0.05) is 30.1 Å². The first-order chi connectivity index (χ1) is 8.31. The van der Waals surface area contributed by atoms with E-state index in [2.05, 4.69) is 5.32 Å². The summed E-state index contributed by atoms with van der Waals surface area (Å²) in [6, 6.07) is 7.86. The minimum atomic E-state index is 0.154. The van der Waals surface area contributed by atoms with E-state index in [-0.39, 0.29) is 5.91 Å². The Labute approximate surface area is 107 Å². The normalized spacial score (nSPS) is 16.6. The van der Waals surface area contributed by atoms with Gasteiger partial charge in [-0.15, -0.1) is 11.8 Å². The van der Waals surface area contributed by atoms with Crippen LogP contribution in [0.3, 0.4) is 0 Å². The zero-order valence-electron chi connectivity index (χ0n) is 10.1. The van der Waals surface area contributed by atoms with Crippen LogP contribution in [0, 0.1) is 0 Å². The highest BCUT2D eigenvalue weighted by molar-refractivity contribution is 7.98. The number of amides is 1. The van der Waals surface area contributed by atoms with Crippen molar-refractivity contribution in [2.45, 2.75) is 11.3 Å². The first-order valence-corrected chi connectivity index (χ1v) is 7.18. The molecule has 0 bridgehead atoms.